The molecule has 2 rings (SSSR count). The number of carbonyl (C=O) groups is 1. The van der Waals surface area contributed by atoms with Crippen molar-refractivity contribution in [2.24, 2.45) is 5.92 Å². The van der Waals surface area contributed by atoms with Gasteiger partial charge in [0.15, 0.2) is 5.78 Å². The number of ketones is 1. The number of ether oxygens (including phenoxy) is 2. The van der Waals surface area contributed by atoms with Crippen LogP contribution in [0.15, 0.2) is 18.2 Å². The van der Waals surface area contributed by atoms with Gasteiger partial charge in [-0.05, 0) is 18.2 Å². The molecule has 0 N–H and O–H groups in total. The van der Waals surface area contributed by atoms with Crippen LogP contribution in [0.2, 0.25) is 10.0 Å². The first kappa shape index (κ1) is 11.9. The van der Waals surface area contributed by atoms with Gasteiger partial charge in [0.2, 0.25) is 0 Å². The van der Waals surface area contributed by atoms with Gasteiger partial charge < -0.3 is 9.47 Å². The Bertz CT molecular complexity index is 400. The highest BCUT2D eigenvalue weighted by Crippen LogP contribution is 2.24. The van der Waals surface area contributed by atoms with Crippen molar-refractivity contribution >= 4 is 29.0 Å². The molecule has 0 aliphatic carbocycles. The fraction of sp³-hybridized carbons (Fsp3) is 0.364. The molecule has 0 atom stereocenters. The third kappa shape index (κ3) is 2.55. The van der Waals surface area contributed by atoms with E-state index in [-0.39, 0.29) is 18.5 Å². The Hall–Kier alpha value is -0.610. The zero-order chi connectivity index (χ0) is 11.5. The summed E-state index contributed by atoms with van der Waals surface area (Å²) in [5.74, 6) is -0.353. The third-order valence-electron chi connectivity index (χ3n) is 2.37. The highest BCUT2D eigenvalue weighted by atomic mass is 35.5. The van der Waals surface area contributed by atoms with Crippen molar-refractivity contribution in [2.75, 3.05) is 20.0 Å². The lowest BCUT2D eigenvalue weighted by Gasteiger charge is -2.21. The van der Waals surface area contributed by atoms with E-state index < -0.39 is 0 Å². The molecule has 1 aliphatic heterocycles. The summed E-state index contributed by atoms with van der Waals surface area (Å²) < 4.78 is 10.2. The van der Waals surface area contributed by atoms with Crippen LogP contribution in [0.4, 0.5) is 0 Å². The van der Waals surface area contributed by atoms with Crippen LogP contribution in [-0.4, -0.2) is 25.8 Å². The van der Waals surface area contributed by atoms with Crippen LogP contribution in [0.25, 0.3) is 0 Å². The van der Waals surface area contributed by atoms with Gasteiger partial charge in [0, 0.05) is 10.6 Å². The molecule has 5 heteroatoms. The van der Waals surface area contributed by atoms with Gasteiger partial charge in [0.05, 0.1) is 24.2 Å². The lowest BCUT2D eigenvalue weighted by atomic mass is 9.99. The summed E-state index contributed by atoms with van der Waals surface area (Å²) in [6, 6.07) is 4.83. The number of halogens is 2. The van der Waals surface area contributed by atoms with Crippen LogP contribution in [-0.2, 0) is 9.47 Å². The number of carbonyl (C=O) groups excluding carboxylic acids is 1. The Kier molecular flexibility index (Phi) is 3.82. The number of benzene rings is 1. The molecule has 1 aliphatic rings. The van der Waals surface area contributed by atoms with Crippen molar-refractivity contribution in [3.8, 4) is 0 Å². The number of Topliss-reactive ketones (excluding diaryl/α,β-unsaturated/α-hetero) is 1. The Morgan fingerprint density at radius 3 is 2.56 bits per heavy atom. The fourth-order valence-corrected chi connectivity index (χ4v) is 2.05. The van der Waals surface area contributed by atoms with Crippen LogP contribution in [0.3, 0.4) is 0 Å². The highest BCUT2D eigenvalue weighted by Gasteiger charge is 2.25. The van der Waals surface area contributed by atoms with E-state index in [1.807, 2.05) is 0 Å². The van der Waals surface area contributed by atoms with E-state index in [9.17, 15) is 4.79 Å². The molecule has 86 valence electrons. The normalized spacial score (nSPS) is 17.4. The van der Waals surface area contributed by atoms with Crippen LogP contribution >= 0.6 is 23.2 Å². The van der Waals surface area contributed by atoms with Crippen molar-refractivity contribution in [2.45, 2.75) is 0 Å². The quantitative estimate of drug-likeness (QED) is 0.768. The molecule has 0 aromatic heterocycles. The Balaban J connectivity index is 2.19. The largest absolute Gasteiger partial charge is 0.355 e. The molecule has 1 saturated heterocycles. The molecule has 16 heavy (non-hydrogen) atoms. The van der Waals surface area contributed by atoms with Crippen molar-refractivity contribution < 1.29 is 14.3 Å². The third-order valence-corrected chi connectivity index (χ3v) is 2.92. The molecular formula is C11H10Cl2O3. The summed E-state index contributed by atoms with van der Waals surface area (Å²) in [6.07, 6.45) is 0. The van der Waals surface area contributed by atoms with Gasteiger partial charge in [0.25, 0.3) is 0 Å². The predicted molar refractivity (Wildman–Crippen MR) is 61.1 cm³/mol. The summed E-state index contributed by atoms with van der Waals surface area (Å²) >= 11 is 11.7. The summed E-state index contributed by atoms with van der Waals surface area (Å²) in [5.41, 5.74) is 0.463. The first-order valence-electron chi connectivity index (χ1n) is 4.83. The lowest BCUT2D eigenvalue weighted by molar-refractivity contribution is -0.116. The fourth-order valence-electron chi connectivity index (χ4n) is 1.55. The van der Waals surface area contributed by atoms with Crippen molar-refractivity contribution in [3.05, 3.63) is 33.8 Å². The molecule has 0 saturated carbocycles. The minimum absolute atomic E-state index is 0.0682. The average molecular weight is 261 g/mol. The van der Waals surface area contributed by atoms with Gasteiger partial charge in [-0.25, -0.2) is 0 Å². The zero-order valence-corrected chi connectivity index (χ0v) is 9.92. The van der Waals surface area contributed by atoms with Gasteiger partial charge in [-0.3, -0.25) is 4.79 Å². The molecule has 0 amide bonds. The van der Waals surface area contributed by atoms with Crippen LogP contribution in [0.1, 0.15) is 10.4 Å². The molecule has 0 unspecified atom stereocenters. The van der Waals surface area contributed by atoms with Crippen LogP contribution in [0.5, 0.6) is 0 Å². The predicted octanol–water partition coefficient (Wildman–Crippen LogP) is 2.80. The van der Waals surface area contributed by atoms with E-state index in [0.29, 0.717) is 28.8 Å². The molecule has 1 heterocycles. The van der Waals surface area contributed by atoms with E-state index in [1.54, 1.807) is 18.2 Å². The van der Waals surface area contributed by atoms with E-state index in [1.165, 1.54) is 0 Å². The van der Waals surface area contributed by atoms with Crippen molar-refractivity contribution in [3.63, 3.8) is 0 Å². The Morgan fingerprint density at radius 1 is 1.25 bits per heavy atom. The van der Waals surface area contributed by atoms with Gasteiger partial charge in [-0.1, -0.05) is 23.2 Å². The number of hydrogen-bond donors (Lipinski definition) is 0. The monoisotopic (exact) mass is 260 g/mol. The standard InChI is InChI=1S/C11H10Cl2O3/c12-8-1-2-9(10(13)3-8)11(14)7-4-15-6-16-5-7/h1-3,7H,4-6H2. The van der Waals surface area contributed by atoms with E-state index in [2.05, 4.69) is 0 Å². The molecule has 0 radical (unpaired) electrons. The number of rotatable bonds is 2. The molecule has 0 spiro atoms. The second-order valence-corrected chi connectivity index (χ2v) is 4.39. The van der Waals surface area contributed by atoms with Crippen LogP contribution in [0, 0.1) is 5.92 Å². The maximum Gasteiger partial charge on any atom is 0.172 e. The van der Waals surface area contributed by atoms with Gasteiger partial charge in [-0.15, -0.1) is 0 Å². The maximum absolute atomic E-state index is 12.0. The maximum atomic E-state index is 12.0. The minimum atomic E-state index is -0.285. The van der Waals surface area contributed by atoms with Crippen molar-refractivity contribution in [1.82, 2.24) is 0 Å². The smallest absolute Gasteiger partial charge is 0.172 e. The van der Waals surface area contributed by atoms with E-state index in [0.717, 1.165) is 0 Å². The molecule has 1 fully saturated rings. The topological polar surface area (TPSA) is 35.5 Å². The molecule has 1 aromatic rings. The van der Waals surface area contributed by atoms with Gasteiger partial charge >= 0.3 is 0 Å². The Labute approximate surface area is 103 Å². The van der Waals surface area contributed by atoms with E-state index in [4.69, 9.17) is 32.7 Å². The number of hydrogen-bond acceptors (Lipinski definition) is 3. The molecule has 0 bridgehead atoms. The first-order valence-corrected chi connectivity index (χ1v) is 5.59. The summed E-state index contributed by atoms with van der Waals surface area (Å²) in [7, 11) is 0. The van der Waals surface area contributed by atoms with Crippen molar-refractivity contribution in [1.29, 1.82) is 0 Å². The second kappa shape index (κ2) is 5.15. The van der Waals surface area contributed by atoms with Gasteiger partial charge in [-0.2, -0.15) is 0 Å². The second-order valence-electron chi connectivity index (χ2n) is 3.54. The zero-order valence-electron chi connectivity index (χ0n) is 8.41. The summed E-state index contributed by atoms with van der Waals surface area (Å²) in [4.78, 5) is 12.0. The average Bonchev–Trinajstić information content (AvgIpc) is 2.29. The lowest BCUT2D eigenvalue weighted by Crippen LogP contribution is -2.30. The van der Waals surface area contributed by atoms with Crippen LogP contribution < -0.4 is 0 Å². The first-order chi connectivity index (χ1) is 7.68. The summed E-state index contributed by atoms with van der Waals surface area (Å²) in [6.45, 7) is 0.994. The van der Waals surface area contributed by atoms with Gasteiger partial charge in [0.1, 0.15) is 6.79 Å². The highest BCUT2D eigenvalue weighted by molar-refractivity contribution is 6.36. The summed E-state index contributed by atoms with van der Waals surface area (Å²) in [5, 5.41) is 0.876. The molecular weight excluding hydrogens is 251 g/mol. The van der Waals surface area contributed by atoms with E-state index >= 15 is 0 Å². The Morgan fingerprint density at radius 2 is 1.94 bits per heavy atom. The molecule has 3 nitrogen and oxygen atoms in total. The molecule has 1 aromatic carbocycles. The SMILES string of the molecule is O=C(c1ccc(Cl)cc1Cl)C1COCOC1. The minimum Gasteiger partial charge on any atom is -0.355 e.